The molecule has 0 aliphatic carbocycles. The van der Waals surface area contributed by atoms with Gasteiger partial charge in [-0.05, 0) is 0 Å². The van der Waals surface area contributed by atoms with Crippen LogP contribution >= 0.6 is 0 Å². The molecule has 1 heterocycles. The average Bonchev–Trinajstić information content (AvgIpc) is 2.87. The van der Waals surface area contributed by atoms with Crippen molar-refractivity contribution in [2.24, 2.45) is 0 Å². The van der Waals surface area contributed by atoms with Gasteiger partial charge in [-0.15, -0.1) is 0 Å². The van der Waals surface area contributed by atoms with E-state index in [4.69, 9.17) is 37.9 Å². The fraction of sp³-hybridized carbons (Fsp3) is 0.708. The van der Waals surface area contributed by atoms with Crippen LogP contribution in [0.25, 0.3) is 0 Å². The molecule has 1 aliphatic rings. The first kappa shape index (κ1) is 36.0. The van der Waals surface area contributed by atoms with Crippen molar-refractivity contribution < 1.29 is 80.6 Å². The van der Waals surface area contributed by atoms with E-state index in [0.29, 0.717) is 0 Å². The predicted molar refractivity (Wildman–Crippen MR) is 130 cm³/mol. The van der Waals surface area contributed by atoms with Crippen LogP contribution in [-0.4, -0.2) is 118 Å². The summed E-state index contributed by atoms with van der Waals surface area (Å²) in [7, 11) is 2.11. The zero-order valence-corrected chi connectivity index (χ0v) is 24.0. The van der Waals surface area contributed by atoms with E-state index in [9.17, 15) is 33.6 Å². The van der Waals surface area contributed by atoms with E-state index < -0.39 is 90.9 Å². The topological polar surface area (TPSA) is 215 Å². The second-order valence-corrected chi connectivity index (χ2v) is 8.63. The normalized spacial score (nSPS) is 24.6. The summed E-state index contributed by atoms with van der Waals surface area (Å²) in [5.41, 5.74) is 0. The number of halogens is 1. The van der Waals surface area contributed by atoms with Crippen LogP contribution in [0.5, 0.6) is 0 Å². The highest BCUT2D eigenvalue weighted by Gasteiger charge is 2.67. The molecule has 1 aliphatic heterocycles. The lowest BCUT2D eigenvalue weighted by Gasteiger charge is -2.49. The monoisotopic (exact) mass is 611 g/mol. The van der Waals surface area contributed by atoms with Crippen molar-refractivity contribution in [3.63, 3.8) is 0 Å². The molecule has 1 unspecified atom stereocenters. The summed E-state index contributed by atoms with van der Waals surface area (Å²) in [5, 5.41) is 2.20. The van der Waals surface area contributed by atoms with Gasteiger partial charge < -0.3 is 47.9 Å². The maximum absolute atomic E-state index is 16.2. The van der Waals surface area contributed by atoms with Crippen LogP contribution in [0.3, 0.4) is 0 Å². The number of nitrogens with one attached hydrogen (secondary N) is 1. The van der Waals surface area contributed by atoms with Gasteiger partial charge in [0.15, 0.2) is 18.3 Å². The lowest BCUT2D eigenvalue weighted by atomic mass is 9.86. The number of methoxy groups -OCH3 is 2. The molecule has 1 saturated heterocycles. The second-order valence-electron chi connectivity index (χ2n) is 8.63. The number of esters is 6. The molecule has 1 N–H and O–H groups in total. The van der Waals surface area contributed by atoms with Gasteiger partial charge in [-0.2, -0.15) is 0 Å². The van der Waals surface area contributed by atoms with Crippen molar-refractivity contribution in [3.05, 3.63) is 0 Å². The molecular formula is C24H34FNO16. The Hall–Kier alpha value is -4.06. The third kappa shape index (κ3) is 10.1. The molecule has 0 aromatic carbocycles. The highest BCUT2D eigenvalue weighted by molar-refractivity contribution is 5.83. The average molecular weight is 612 g/mol. The Morgan fingerprint density at radius 3 is 1.93 bits per heavy atom. The number of carbonyl (C=O) groups is 7. The summed E-state index contributed by atoms with van der Waals surface area (Å²) in [6.45, 7) is 3.39. The van der Waals surface area contributed by atoms with Crippen molar-refractivity contribution >= 4 is 41.9 Å². The fourth-order valence-electron chi connectivity index (χ4n) is 3.87. The molecule has 1 rings (SSSR count). The van der Waals surface area contributed by atoms with Crippen molar-refractivity contribution in [3.8, 4) is 0 Å². The molecule has 0 radical (unpaired) electrons. The lowest BCUT2D eigenvalue weighted by molar-refractivity contribution is -0.326. The zero-order valence-electron chi connectivity index (χ0n) is 24.0. The number of hydrogen-bond donors (Lipinski definition) is 1. The minimum Gasteiger partial charge on any atom is -0.464 e. The predicted octanol–water partition coefficient (Wildman–Crippen LogP) is -0.745. The van der Waals surface area contributed by atoms with E-state index in [0.717, 1.165) is 41.7 Å². The van der Waals surface area contributed by atoms with Crippen molar-refractivity contribution in [2.75, 3.05) is 34.0 Å². The fourth-order valence-corrected chi connectivity index (χ4v) is 3.87. The summed E-state index contributed by atoms with van der Waals surface area (Å²) in [6.07, 6.45) is -12.1. The van der Waals surface area contributed by atoms with E-state index in [-0.39, 0.29) is 13.2 Å². The molecule has 0 saturated carbocycles. The van der Waals surface area contributed by atoms with Crippen LogP contribution in [0.1, 0.15) is 34.6 Å². The van der Waals surface area contributed by atoms with Gasteiger partial charge in [-0.3, -0.25) is 24.0 Å². The zero-order chi connectivity index (χ0) is 32.2. The Morgan fingerprint density at radius 1 is 0.833 bits per heavy atom. The van der Waals surface area contributed by atoms with E-state index in [1.54, 1.807) is 0 Å². The van der Waals surface area contributed by atoms with Crippen LogP contribution in [0.4, 0.5) is 9.18 Å². The van der Waals surface area contributed by atoms with Gasteiger partial charge in [0, 0.05) is 41.7 Å². The molecule has 18 heteroatoms. The van der Waals surface area contributed by atoms with E-state index >= 15 is 4.39 Å². The van der Waals surface area contributed by atoms with Crippen molar-refractivity contribution in [1.82, 2.24) is 5.32 Å². The van der Waals surface area contributed by atoms with E-state index in [1.165, 1.54) is 7.11 Å². The number of alkyl carbamates (subject to hydrolysis) is 1. The third-order valence-electron chi connectivity index (χ3n) is 5.30. The largest absolute Gasteiger partial charge is 0.464 e. The Kier molecular flexibility index (Phi) is 14.0. The highest BCUT2D eigenvalue weighted by Crippen LogP contribution is 2.39. The summed E-state index contributed by atoms with van der Waals surface area (Å²) >= 11 is 0. The molecule has 1 fully saturated rings. The SMILES string of the molecule is COCCOC(=O)N[C@H]1[C@H]([C@H](OC(C)=O)[C@@H](COC(C)=O)OC(C)=O)OC(OC(C)=O)(C(=O)OC)[C@H](F)[C@@H]1OC(C)=O. The van der Waals surface area contributed by atoms with E-state index in [2.05, 4.69) is 10.1 Å². The number of ether oxygens (including phenoxy) is 9. The van der Waals surface area contributed by atoms with Crippen molar-refractivity contribution in [1.29, 1.82) is 0 Å². The van der Waals surface area contributed by atoms with E-state index in [1.807, 2.05) is 0 Å². The van der Waals surface area contributed by atoms with Gasteiger partial charge in [0.2, 0.25) is 6.17 Å². The Labute approximate surface area is 239 Å². The third-order valence-corrected chi connectivity index (χ3v) is 5.30. The van der Waals surface area contributed by atoms with Crippen LogP contribution < -0.4 is 5.32 Å². The number of amides is 1. The molecular weight excluding hydrogens is 577 g/mol. The molecule has 0 bridgehead atoms. The Balaban J connectivity index is 3.94. The van der Waals surface area contributed by atoms with Crippen LogP contribution in [-0.2, 0) is 71.4 Å². The molecule has 0 aromatic rings. The number of alkyl halides is 1. The lowest BCUT2D eigenvalue weighted by Crippen LogP contribution is -2.74. The quantitative estimate of drug-likeness (QED) is 0.154. The van der Waals surface area contributed by atoms with Gasteiger partial charge in [0.05, 0.1) is 13.7 Å². The number of carbonyl (C=O) groups excluding carboxylic acids is 7. The summed E-state index contributed by atoms with van der Waals surface area (Å²) in [6, 6.07) is -1.91. The smallest absolute Gasteiger partial charge is 0.407 e. The summed E-state index contributed by atoms with van der Waals surface area (Å²) < 4.78 is 61.6. The first-order valence-electron chi connectivity index (χ1n) is 12.3. The van der Waals surface area contributed by atoms with Gasteiger partial charge in [-0.25, -0.2) is 14.0 Å². The maximum Gasteiger partial charge on any atom is 0.407 e. The van der Waals surface area contributed by atoms with Gasteiger partial charge >= 0.3 is 47.7 Å². The van der Waals surface area contributed by atoms with Crippen LogP contribution in [0.2, 0.25) is 0 Å². The molecule has 1 amide bonds. The minimum absolute atomic E-state index is 0.0536. The molecule has 7 atom stereocenters. The summed E-state index contributed by atoms with van der Waals surface area (Å²) in [5.74, 6) is -10.3. The molecule has 42 heavy (non-hydrogen) atoms. The molecule has 238 valence electrons. The Morgan fingerprint density at radius 2 is 1.45 bits per heavy atom. The number of rotatable bonds is 13. The van der Waals surface area contributed by atoms with Gasteiger partial charge in [-0.1, -0.05) is 0 Å². The summed E-state index contributed by atoms with van der Waals surface area (Å²) in [4.78, 5) is 85.4. The molecule has 17 nitrogen and oxygen atoms in total. The van der Waals surface area contributed by atoms with Crippen LogP contribution in [0.15, 0.2) is 0 Å². The van der Waals surface area contributed by atoms with Crippen LogP contribution in [0, 0.1) is 0 Å². The first-order valence-corrected chi connectivity index (χ1v) is 12.3. The molecule has 0 spiro atoms. The maximum atomic E-state index is 16.2. The first-order chi connectivity index (χ1) is 19.6. The highest BCUT2D eigenvalue weighted by atomic mass is 19.1. The van der Waals surface area contributed by atoms with Gasteiger partial charge in [0.1, 0.15) is 25.4 Å². The standard InChI is InChI=1S/C24H34FNO16/c1-11(27)37-10-16(38-12(2)28)18(39-13(3)29)19-17(26-23(33)36-9-8-34-6)20(40-14(4)30)21(25)24(42-19,22(32)35-7)41-15(5)31/h16-21H,8-10H2,1-7H3,(H,26,33)/t16-,17+,18-,19-,20-,21-,24?/m1/s1. The minimum atomic E-state index is -3.32. The Bertz CT molecular complexity index is 1020. The van der Waals surface area contributed by atoms with Crippen molar-refractivity contribution in [2.45, 2.75) is 77.0 Å². The van der Waals surface area contributed by atoms with Gasteiger partial charge in [0.25, 0.3) is 0 Å². The molecule has 0 aromatic heterocycles. The number of hydrogen-bond acceptors (Lipinski definition) is 16. The second kappa shape index (κ2) is 16.4.